The van der Waals surface area contributed by atoms with Gasteiger partial charge in [-0.2, -0.15) is 0 Å². The second-order valence-electron chi connectivity index (χ2n) is 7.33. The highest BCUT2D eigenvalue weighted by atomic mass is 35.5. The van der Waals surface area contributed by atoms with E-state index in [0.29, 0.717) is 34.7 Å². The van der Waals surface area contributed by atoms with Gasteiger partial charge in [0.05, 0.1) is 17.4 Å². The third-order valence-electron chi connectivity index (χ3n) is 3.81. The summed E-state index contributed by atoms with van der Waals surface area (Å²) in [6, 6.07) is 7.57. The summed E-state index contributed by atoms with van der Waals surface area (Å²) in [6.45, 7) is 5.70. The number of aliphatic hydroxyl groups is 1. The smallest absolute Gasteiger partial charge is 0.253 e. The molecule has 1 amide bonds. The lowest BCUT2D eigenvalue weighted by Gasteiger charge is -2.21. The zero-order chi connectivity index (χ0) is 19.3. The number of amides is 1. The Morgan fingerprint density at radius 1 is 1.35 bits per heavy atom. The summed E-state index contributed by atoms with van der Waals surface area (Å²) in [6.07, 6.45) is 1.94. The zero-order valence-electron chi connectivity index (χ0n) is 15.2. The Labute approximate surface area is 158 Å². The number of carbonyl (C=O) groups is 1. The predicted molar refractivity (Wildman–Crippen MR) is 101 cm³/mol. The molecular formula is C20H24ClFN2O2. The van der Waals surface area contributed by atoms with E-state index < -0.39 is 6.10 Å². The first-order valence-corrected chi connectivity index (χ1v) is 8.92. The number of hydrogen-bond acceptors (Lipinski definition) is 3. The Bertz CT molecular complexity index is 775. The maximum absolute atomic E-state index is 13.3. The molecule has 1 unspecified atom stereocenters. The van der Waals surface area contributed by atoms with Crippen LogP contribution in [0, 0.1) is 5.82 Å². The molecule has 0 saturated carbocycles. The van der Waals surface area contributed by atoms with Gasteiger partial charge in [0.2, 0.25) is 0 Å². The number of benzene rings is 1. The molecule has 1 aromatic heterocycles. The molecule has 140 valence electrons. The van der Waals surface area contributed by atoms with Crippen LogP contribution in [0.1, 0.15) is 48.8 Å². The van der Waals surface area contributed by atoms with Gasteiger partial charge >= 0.3 is 0 Å². The Kier molecular flexibility index (Phi) is 6.73. The zero-order valence-corrected chi connectivity index (χ0v) is 16.0. The number of nitrogens with one attached hydrogen (secondary N) is 1. The van der Waals surface area contributed by atoms with Crippen LogP contribution in [-0.2, 0) is 12.8 Å². The molecule has 0 fully saturated rings. The van der Waals surface area contributed by atoms with E-state index in [9.17, 15) is 14.3 Å². The molecule has 0 spiro atoms. The SMILES string of the molecule is CC(C)(C)NC(=O)c1cccnc1CC(O)CCc1cc(F)ccc1Cl. The van der Waals surface area contributed by atoms with Crippen molar-refractivity contribution in [1.82, 2.24) is 10.3 Å². The van der Waals surface area contributed by atoms with Gasteiger partial charge < -0.3 is 10.4 Å². The van der Waals surface area contributed by atoms with Gasteiger partial charge in [0.25, 0.3) is 5.91 Å². The summed E-state index contributed by atoms with van der Waals surface area (Å²) in [5.74, 6) is -0.578. The average molecular weight is 379 g/mol. The van der Waals surface area contributed by atoms with Gasteiger partial charge in [0.1, 0.15) is 5.82 Å². The lowest BCUT2D eigenvalue weighted by Crippen LogP contribution is -2.41. The standard InChI is InChI=1S/C20H24ClFN2O2/c1-20(2,3)24-19(26)16-5-4-10-23-18(16)12-15(25)8-6-13-11-14(22)7-9-17(13)21/h4-5,7,9-11,15,25H,6,8,12H2,1-3H3,(H,24,26). The average Bonchev–Trinajstić information content (AvgIpc) is 2.54. The molecule has 1 atom stereocenters. The minimum Gasteiger partial charge on any atom is -0.393 e. The highest BCUT2D eigenvalue weighted by Gasteiger charge is 2.20. The number of pyridine rings is 1. The fourth-order valence-electron chi connectivity index (χ4n) is 2.60. The van der Waals surface area contributed by atoms with Gasteiger partial charge in [0, 0.05) is 23.2 Å². The molecule has 0 saturated heterocycles. The van der Waals surface area contributed by atoms with Gasteiger partial charge in [0.15, 0.2) is 0 Å². The third-order valence-corrected chi connectivity index (χ3v) is 4.18. The lowest BCUT2D eigenvalue weighted by molar-refractivity contribution is 0.0917. The Morgan fingerprint density at radius 2 is 2.08 bits per heavy atom. The minimum atomic E-state index is -0.717. The fraction of sp³-hybridized carbons (Fsp3) is 0.400. The molecule has 1 heterocycles. The molecule has 1 aromatic carbocycles. The second kappa shape index (κ2) is 8.60. The molecule has 2 N–H and O–H groups in total. The summed E-state index contributed by atoms with van der Waals surface area (Å²) in [7, 11) is 0. The third kappa shape index (κ3) is 6.07. The van der Waals surface area contributed by atoms with Crippen LogP contribution in [0.15, 0.2) is 36.5 Å². The van der Waals surface area contributed by atoms with Crippen LogP contribution >= 0.6 is 11.6 Å². The van der Waals surface area contributed by atoms with Crippen LogP contribution in [0.5, 0.6) is 0 Å². The molecule has 0 bridgehead atoms. The topological polar surface area (TPSA) is 62.2 Å². The van der Waals surface area contributed by atoms with E-state index in [0.717, 1.165) is 0 Å². The molecule has 0 aliphatic carbocycles. The molecule has 0 aliphatic heterocycles. The van der Waals surface area contributed by atoms with Gasteiger partial charge in [-0.25, -0.2) is 4.39 Å². The predicted octanol–water partition coefficient (Wildman–Crippen LogP) is 3.94. The van der Waals surface area contributed by atoms with Crippen molar-refractivity contribution < 1.29 is 14.3 Å². The number of aliphatic hydroxyl groups excluding tert-OH is 1. The lowest BCUT2D eigenvalue weighted by atomic mass is 10.0. The summed E-state index contributed by atoms with van der Waals surface area (Å²) in [5, 5.41) is 13.7. The van der Waals surface area contributed by atoms with Crippen molar-refractivity contribution in [2.45, 2.75) is 51.7 Å². The van der Waals surface area contributed by atoms with Crippen molar-refractivity contribution in [2.24, 2.45) is 0 Å². The van der Waals surface area contributed by atoms with Crippen LogP contribution in [0.2, 0.25) is 5.02 Å². The fourth-order valence-corrected chi connectivity index (χ4v) is 2.81. The number of halogens is 2. The number of hydrogen-bond donors (Lipinski definition) is 2. The molecule has 2 aromatic rings. The highest BCUT2D eigenvalue weighted by molar-refractivity contribution is 6.31. The Balaban J connectivity index is 2.04. The van der Waals surface area contributed by atoms with E-state index in [-0.39, 0.29) is 23.7 Å². The van der Waals surface area contributed by atoms with Gasteiger partial charge in [-0.05, 0) is 69.5 Å². The normalized spacial score (nSPS) is 12.7. The van der Waals surface area contributed by atoms with Crippen molar-refractivity contribution in [3.05, 3.63) is 64.2 Å². The summed E-state index contributed by atoms with van der Waals surface area (Å²) in [5.41, 5.74) is 1.27. The number of rotatable bonds is 6. The van der Waals surface area contributed by atoms with Crippen molar-refractivity contribution in [1.29, 1.82) is 0 Å². The minimum absolute atomic E-state index is 0.221. The largest absolute Gasteiger partial charge is 0.393 e. The first-order chi connectivity index (χ1) is 12.2. The van der Waals surface area contributed by atoms with Crippen LogP contribution in [0.4, 0.5) is 4.39 Å². The molecule has 26 heavy (non-hydrogen) atoms. The quantitative estimate of drug-likeness (QED) is 0.800. The van der Waals surface area contributed by atoms with Crippen LogP contribution in [-0.4, -0.2) is 27.6 Å². The van der Waals surface area contributed by atoms with Crippen molar-refractivity contribution >= 4 is 17.5 Å². The second-order valence-corrected chi connectivity index (χ2v) is 7.74. The molecular weight excluding hydrogens is 355 g/mol. The van der Waals surface area contributed by atoms with Crippen LogP contribution in [0.3, 0.4) is 0 Å². The molecule has 0 radical (unpaired) electrons. The number of aromatic nitrogens is 1. The van der Waals surface area contributed by atoms with Crippen molar-refractivity contribution in [2.75, 3.05) is 0 Å². The monoisotopic (exact) mass is 378 g/mol. The maximum Gasteiger partial charge on any atom is 0.253 e. The van der Waals surface area contributed by atoms with E-state index in [1.165, 1.54) is 18.2 Å². The van der Waals surface area contributed by atoms with Crippen LogP contribution < -0.4 is 5.32 Å². The van der Waals surface area contributed by atoms with E-state index in [1.807, 2.05) is 20.8 Å². The van der Waals surface area contributed by atoms with E-state index in [4.69, 9.17) is 11.6 Å². The van der Waals surface area contributed by atoms with Gasteiger partial charge in [-0.1, -0.05) is 11.6 Å². The summed E-state index contributed by atoms with van der Waals surface area (Å²) in [4.78, 5) is 16.7. The van der Waals surface area contributed by atoms with E-state index in [2.05, 4.69) is 10.3 Å². The number of carbonyl (C=O) groups excluding carboxylic acids is 1. The summed E-state index contributed by atoms with van der Waals surface area (Å²) < 4.78 is 13.3. The summed E-state index contributed by atoms with van der Waals surface area (Å²) >= 11 is 6.05. The van der Waals surface area contributed by atoms with E-state index >= 15 is 0 Å². The molecule has 6 heteroatoms. The highest BCUT2D eigenvalue weighted by Crippen LogP contribution is 2.20. The van der Waals surface area contributed by atoms with Crippen molar-refractivity contribution in [3.8, 4) is 0 Å². The van der Waals surface area contributed by atoms with Gasteiger partial charge in [-0.15, -0.1) is 0 Å². The first kappa shape index (κ1) is 20.3. The van der Waals surface area contributed by atoms with Crippen LogP contribution in [0.25, 0.3) is 0 Å². The number of aryl methyl sites for hydroxylation is 1. The molecule has 4 nitrogen and oxygen atoms in total. The first-order valence-electron chi connectivity index (χ1n) is 8.54. The maximum atomic E-state index is 13.3. The molecule has 0 aliphatic rings. The van der Waals surface area contributed by atoms with E-state index in [1.54, 1.807) is 18.3 Å². The Morgan fingerprint density at radius 3 is 2.77 bits per heavy atom. The Hall–Kier alpha value is -1.98. The van der Waals surface area contributed by atoms with Crippen molar-refractivity contribution in [3.63, 3.8) is 0 Å². The number of nitrogens with zero attached hydrogens (tertiary/aromatic N) is 1. The van der Waals surface area contributed by atoms with Gasteiger partial charge in [-0.3, -0.25) is 9.78 Å². The molecule has 2 rings (SSSR count).